The number of carboxylic acid groups (broad SMARTS) is 1. The lowest BCUT2D eigenvalue weighted by atomic mass is 10.0. The number of aliphatic carboxylic acids is 1. The third-order valence-corrected chi connectivity index (χ3v) is 3.28. The van der Waals surface area contributed by atoms with Gasteiger partial charge in [0.1, 0.15) is 0 Å². The fourth-order valence-corrected chi connectivity index (χ4v) is 1.77. The number of nitrogens with zero attached hydrogens (tertiary/aromatic N) is 1. The average molecular weight is 274 g/mol. The van der Waals surface area contributed by atoms with E-state index >= 15 is 0 Å². The molecule has 0 rings (SSSR count). The van der Waals surface area contributed by atoms with Crippen molar-refractivity contribution in [1.82, 2.24) is 10.2 Å². The normalized spacial score (nSPS) is 12.3. The van der Waals surface area contributed by atoms with Gasteiger partial charge in [-0.25, -0.2) is 9.59 Å². The predicted octanol–water partition coefficient (Wildman–Crippen LogP) is 1.29. The van der Waals surface area contributed by atoms with E-state index < -0.39 is 12.1 Å². The number of carboxylic acids is 1. The van der Waals surface area contributed by atoms with Gasteiger partial charge in [0, 0.05) is 26.1 Å². The molecule has 0 fully saturated rings. The molecule has 0 heterocycles. The van der Waals surface area contributed by atoms with Gasteiger partial charge in [-0.1, -0.05) is 26.7 Å². The summed E-state index contributed by atoms with van der Waals surface area (Å²) in [7, 11) is 0. The Bertz CT molecular complexity index is 280. The zero-order chi connectivity index (χ0) is 14.8. The third-order valence-electron chi connectivity index (χ3n) is 3.28. The van der Waals surface area contributed by atoms with Crippen LogP contribution in [-0.2, 0) is 4.79 Å². The molecule has 6 nitrogen and oxygen atoms in total. The Morgan fingerprint density at radius 2 is 1.79 bits per heavy atom. The van der Waals surface area contributed by atoms with Gasteiger partial charge in [-0.15, -0.1) is 0 Å². The van der Waals surface area contributed by atoms with Crippen molar-refractivity contribution in [3.63, 3.8) is 0 Å². The highest BCUT2D eigenvalue weighted by Crippen LogP contribution is 2.09. The van der Waals surface area contributed by atoms with Crippen molar-refractivity contribution in [2.75, 3.05) is 19.6 Å². The first-order valence-electron chi connectivity index (χ1n) is 6.89. The molecule has 1 atom stereocenters. The van der Waals surface area contributed by atoms with E-state index in [4.69, 9.17) is 10.2 Å². The Hall–Kier alpha value is -1.30. The first-order valence-corrected chi connectivity index (χ1v) is 6.89. The Labute approximate surface area is 114 Å². The van der Waals surface area contributed by atoms with Gasteiger partial charge in [0.05, 0.1) is 0 Å². The maximum absolute atomic E-state index is 11.9. The molecule has 1 unspecified atom stereocenters. The number of nitrogens with one attached hydrogen (secondary N) is 1. The van der Waals surface area contributed by atoms with Crippen molar-refractivity contribution >= 4 is 12.0 Å². The molecular formula is C13H26N2O4. The standard InChI is InChI=1S/C13H26N2O4/c1-4-10(5-2)9-15(6-3)13(19)14-8-7-11(16)12(17)18/h10-11,16H,4-9H2,1-3H3,(H,14,19)(H,17,18). The maximum atomic E-state index is 11.9. The molecular weight excluding hydrogens is 248 g/mol. The molecule has 0 aliphatic heterocycles. The highest BCUT2D eigenvalue weighted by molar-refractivity contribution is 5.74. The molecule has 0 aliphatic rings. The number of amides is 2. The zero-order valence-corrected chi connectivity index (χ0v) is 12.1. The summed E-state index contributed by atoms with van der Waals surface area (Å²) < 4.78 is 0. The van der Waals surface area contributed by atoms with Gasteiger partial charge in [0.15, 0.2) is 6.10 Å². The van der Waals surface area contributed by atoms with Gasteiger partial charge in [0.2, 0.25) is 0 Å². The van der Waals surface area contributed by atoms with Gasteiger partial charge in [-0.3, -0.25) is 0 Å². The number of hydrogen-bond donors (Lipinski definition) is 3. The molecule has 0 bridgehead atoms. The summed E-state index contributed by atoms with van der Waals surface area (Å²) in [5, 5.41) is 20.2. The molecule has 112 valence electrons. The zero-order valence-electron chi connectivity index (χ0n) is 12.1. The minimum Gasteiger partial charge on any atom is -0.479 e. The lowest BCUT2D eigenvalue weighted by Gasteiger charge is -2.25. The van der Waals surface area contributed by atoms with Crippen molar-refractivity contribution in [2.24, 2.45) is 5.92 Å². The molecule has 0 spiro atoms. The number of urea groups is 1. The number of hydrogen-bond acceptors (Lipinski definition) is 3. The monoisotopic (exact) mass is 274 g/mol. The lowest BCUT2D eigenvalue weighted by molar-refractivity contribution is -0.146. The Morgan fingerprint density at radius 1 is 1.21 bits per heavy atom. The molecule has 19 heavy (non-hydrogen) atoms. The molecule has 0 radical (unpaired) electrons. The number of aliphatic hydroxyl groups excluding tert-OH is 1. The van der Waals surface area contributed by atoms with Gasteiger partial charge < -0.3 is 20.4 Å². The summed E-state index contributed by atoms with van der Waals surface area (Å²) in [6, 6.07) is -0.202. The summed E-state index contributed by atoms with van der Waals surface area (Å²) in [5.74, 6) is -0.783. The van der Waals surface area contributed by atoms with Gasteiger partial charge >= 0.3 is 12.0 Å². The molecule has 0 aromatic carbocycles. The van der Waals surface area contributed by atoms with Gasteiger partial charge in [-0.05, 0) is 12.8 Å². The first kappa shape index (κ1) is 17.7. The highest BCUT2D eigenvalue weighted by Gasteiger charge is 2.17. The molecule has 6 heteroatoms. The van der Waals surface area contributed by atoms with E-state index in [1.807, 2.05) is 6.92 Å². The summed E-state index contributed by atoms with van der Waals surface area (Å²) in [6.45, 7) is 7.59. The van der Waals surface area contributed by atoms with Crippen LogP contribution in [0.5, 0.6) is 0 Å². The van der Waals surface area contributed by atoms with E-state index in [-0.39, 0.29) is 19.0 Å². The average Bonchev–Trinajstić information content (AvgIpc) is 2.39. The molecule has 3 N–H and O–H groups in total. The van der Waals surface area contributed by atoms with E-state index in [1.165, 1.54) is 0 Å². The number of aliphatic hydroxyl groups is 1. The Kier molecular flexibility index (Phi) is 8.95. The Morgan fingerprint density at radius 3 is 2.21 bits per heavy atom. The molecule has 2 amide bonds. The Balaban J connectivity index is 4.11. The highest BCUT2D eigenvalue weighted by atomic mass is 16.4. The fourth-order valence-electron chi connectivity index (χ4n) is 1.77. The predicted molar refractivity (Wildman–Crippen MR) is 73.0 cm³/mol. The minimum absolute atomic E-state index is 0.0175. The van der Waals surface area contributed by atoms with Crippen molar-refractivity contribution in [3.05, 3.63) is 0 Å². The molecule has 0 aliphatic carbocycles. The summed E-state index contributed by atoms with van der Waals surface area (Å²) in [6.07, 6.45) is 0.647. The van der Waals surface area contributed by atoms with Crippen LogP contribution < -0.4 is 5.32 Å². The van der Waals surface area contributed by atoms with Crippen LogP contribution in [0.4, 0.5) is 4.79 Å². The van der Waals surface area contributed by atoms with Gasteiger partial charge in [0.25, 0.3) is 0 Å². The molecule has 0 saturated heterocycles. The smallest absolute Gasteiger partial charge is 0.332 e. The summed E-state index contributed by atoms with van der Waals surface area (Å²) in [4.78, 5) is 24.0. The second-order valence-electron chi connectivity index (χ2n) is 4.60. The van der Waals surface area contributed by atoms with E-state index in [2.05, 4.69) is 19.2 Å². The van der Waals surface area contributed by atoms with Crippen molar-refractivity contribution < 1.29 is 19.8 Å². The van der Waals surface area contributed by atoms with E-state index in [9.17, 15) is 9.59 Å². The lowest BCUT2D eigenvalue weighted by Crippen LogP contribution is -2.43. The van der Waals surface area contributed by atoms with E-state index in [1.54, 1.807) is 4.90 Å². The van der Waals surface area contributed by atoms with E-state index in [0.29, 0.717) is 19.0 Å². The van der Waals surface area contributed by atoms with Crippen LogP contribution in [-0.4, -0.2) is 52.9 Å². The second kappa shape index (κ2) is 9.61. The van der Waals surface area contributed by atoms with Crippen LogP contribution in [0.15, 0.2) is 0 Å². The van der Waals surface area contributed by atoms with Crippen LogP contribution >= 0.6 is 0 Å². The van der Waals surface area contributed by atoms with Crippen molar-refractivity contribution in [3.8, 4) is 0 Å². The van der Waals surface area contributed by atoms with Crippen molar-refractivity contribution in [2.45, 2.75) is 46.1 Å². The maximum Gasteiger partial charge on any atom is 0.332 e. The quantitative estimate of drug-likeness (QED) is 0.591. The number of carbonyl (C=O) groups is 2. The first-order chi connectivity index (χ1) is 8.96. The number of rotatable bonds is 9. The molecule has 0 aromatic rings. The minimum atomic E-state index is -1.42. The van der Waals surface area contributed by atoms with Crippen LogP contribution in [0.1, 0.15) is 40.0 Å². The number of carbonyl (C=O) groups excluding carboxylic acids is 1. The van der Waals surface area contributed by atoms with E-state index in [0.717, 1.165) is 12.8 Å². The summed E-state index contributed by atoms with van der Waals surface area (Å²) >= 11 is 0. The van der Waals surface area contributed by atoms with Crippen LogP contribution in [0.2, 0.25) is 0 Å². The largest absolute Gasteiger partial charge is 0.479 e. The second-order valence-corrected chi connectivity index (χ2v) is 4.60. The fraction of sp³-hybridized carbons (Fsp3) is 0.846. The van der Waals surface area contributed by atoms with Crippen molar-refractivity contribution in [1.29, 1.82) is 0 Å². The molecule has 0 aromatic heterocycles. The van der Waals surface area contributed by atoms with Crippen LogP contribution in [0, 0.1) is 5.92 Å². The van der Waals surface area contributed by atoms with Crippen LogP contribution in [0.25, 0.3) is 0 Å². The topological polar surface area (TPSA) is 89.9 Å². The SMILES string of the molecule is CCC(CC)CN(CC)C(=O)NCCC(O)C(=O)O. The van der Waals surface area contributed by atoms with Crippen LogP contribution in [0.3, 0.4) is 0 Å². The molecule has 0 saturated carbocycles. The van der Waals surface area contributed by atoms with Gasteiger partial charge in [-0.2, -0.15) is 0 Å². The summed E-state index contributed by atoms with van der Waals surface area (Å²) in [5.41, 5.74) is 0. The third kappa shape index (κ3) is 7.00.